The summed E-state index contributed by atoms with van der Waals surface area (Å²) in [7, 11) is 5.24. The number of amidine groups is 2. The van der Waals surface area contributed by atoms with Crippen LogP contribution in [0.15, 0.2) is 75.0 Å². The molecule has 0 bridgehead atoms. The summed E-state index contributed by atoms with van der Waals surface area (Å²) in [5.41, 5.74) is 3.67. The van der Waals surface area contributed by atoms with Crippen molar-refractivity contribution in [3.05, 3.63) is 65.7 Å². The van der Waals surface area contributed by atoms with E-state index in [0.29, 0.717) is 11.4 Å². The van der Waals surface area contributed by atoms with Gasteiger partial charge in [0.25, 0.3) is 0 Å². The van der Waals surface area contributed by atoms with Crippen molar-refractivity contribution in [2.45, 2.75) is 0 Å². The Morgan fingerprint density at radius 3 is 1.52 bits per heavy atom. The van der Waals surface area contributed by atoms with Crippen LogP contribution in [0, 0.1) is 0 Å². The number of hydrogen-bond acceptors (Lipinski definition) is 7. The van der Waals surface area contributed by atoms with Crippen molar-refractivity contribution in [2.75, 3.05) is 26.5 Å². The quantitative estimate of drug-likeness (QED) is 0.196. The molecule has 29 heavy (non-hydrogen) atoms. The second-order valence-electron chi connectivity index (χ2n) is 5.40. The summed E-state index contributed by atoms with van der Waals surface area (Å²) < 4.78 is 0. The molecule has 0 spiro atoms. The second kappa shape index (κ2) is 12.8. The topological polar surface area (TPSA) is 85.5 Å². The fourth-order valence-corrected chi connectivity index (χ4v) is 2.25. The number of rotatable bonds is 6. The zero-order chi connectivity index (χ0) is 20.4. The van der Waals surface area contributed by atoms with E-state index < -0.39 is 0 Å². The summed E-state index contributed by atoms with van der Waals surface area (Å²) in [5, 5.41) is 26.1. The third-order valence-electron chi connectivity index (χ3n) is 3.63. The predicted molar refractivity (Wildman–Crippen MR) is 123 cm³/mol. The number of anilines is 1. The Bertz CT molecular complexity index is 895. The van der Waals surface area contributed by atoms with Gasteiger partial charge in [-0.2, -0.15) is 10.2 Å². The van der Waals surface area contributed by atoms with Gasteiger partial charge in [-0.25, -0.2) is 0 Å². The number of nitrogens with one attached hydrogen (secondary N) is 3. The molecular formula is C19H21CuN7S2. The molecule has 155 valence electrons. The molecule has 0 amide bonds. The molecule has 2 rings (SSSR count). The molecule has 0 aliphatic heterocycles. The van der Waals surface area contributed by atoms with E-state index in [1.807, 2.05) is 61.6 Å². The first-order valence-corrected chi connectivity index (χ1v) is 9.25. The van der Waals surface area contributed by atoms with Crippen molar-refractivity contribution in [1.29, 1.82) is 0 Å². The third kappa shape index (κ3) is 7.43. The Labute approximate surface area is 192 Å². The van der Waals surface area contributed by atoms with Crippen LogP contribution in [0.2, 0.25) is 0 Å². The van der Waals surface area contributed by atoms with Crippen LogP contribution in [-0.2, 0) is 42.3 Å². The maximum atomic E-state index is 5.10. The molecule has 0 aliphatic carbocycles. The molecule has 10 heteroatoms. The van der Waals surface area contributed by atoms with Gasteiger partial charge >= 0.3 is 17.1 Å². The van der Waals surface area contributed by atoms with Gasteiger partial charge < -0.3 is 41.2 Å². The van der Waals surface area contributed by atoms with E-state index in [-0.39, 0.29) is 27.4 Å². The molecule has 1 radical (unpaired) electrons. The standard InChI is InChI=1S/C19H23N7S2.Cu/c1-20-15-11-9-14(10-12-15)17(24-26-19(28)22-3)16(23-25-18(27)21-2)13-7-5-4-6-8-13;/h4-12,20H,1-3H3,(H2,21,25,27)(H2,22,26,28);/q;+2/p-2/b23-16+,24-17+;. The van der Waals surface area contributed by atoms with Crippen LogP contribution in [0.3, 0.4) is 0 Å². The Balaban J connectivity index is 0.00000420. The SMILES string of the molecule is CN/C([S-])=N/N=C(/C(=N/N=C(\[S-])NC)c1ccc(NC)cc1)c1ccccc1.[Cu+2]. The summed E-state index contributed by atoms with van der Waals surface area (Å²) >= 11 is 10.2. The molecule has 3 N–H and O–H groups in total. The molecule has 0 aliphatic rings. The molecule has 0 heterocycles. The van der Waals surface area contributed by atoms with Gasteiger partial charge in [0.05, 0.1) is 0 Å². The van der Waals surface area contributed by atoms with Crippen LogP contribution in [0.5, 0.6) is 0 Å². The minimum Gasteiger partial charge on any atom is -0.741 e. The third-order valence-corrected chi connectivity index (χ3v) is 4.20. The van der Waals surface area contributed by atoms with Gasteiger partial charge in [0.2, 0.25) is 0 Å². The molecule has 0 saturated carbocycles. The molecule has 0 fully saturated rings. The summed E-state index contributed by atoms with van der Waals surface area (Å²) in [6, 6.07) is 17.3. The normalized spacial score (nSPS) is 12.8. The molecule has 2 aromatic rings. The van der Waals surface area contributed by atoms with Crippen LogP contribution < -0.4 is 16.0 Å². The summed E-state index contributed by atoms with van der Waals surface area (Å²) in [5.74, 6) is 0. The Morgan fingerprint density at radius 2 is 1.10 bits per heavy atom. The zero-order valence-corrected chi connectivity index (χ0v) is 18.7. The van der Waals surface area contributed by atoms with Crippen molar-refractivity contribution in [3.63, 3.8) is 0 Å². The molecule has 2 aromatic carbocycles. The van der Waals surface area contributed by atoms with Crippen LogP contribution in [-0.4, -0.2) is 42.9 Å². The maximum Gasteiger partial charge on any atom is 2.00 e. The largest absolute Gasteiger partial charge is 2.00 e. The van der Waals surface area contributed by atoms with E-state index in [4.69, 9.17) is 25.3 Å². The fraction of sp³-hybridized carbons (Fsp3) is 0.158. The van der Waals surface area contributed by atoms with Gasteiger partial charge in [-0.05, 0) is 22.5 Å². The van der Waals surface area contributed by atoms with Crippen molar-refractivity contribution in [1.82, 2.24) is 10.6 Å². The molecule has 0 saturated heterocycles. The summed E-state index contributed by atoms with van der Waals surface area (Å²) in [6.45, 7) is 0. The van der Waals surface area contributed by atoms with Gasteiger partial charge in [0.1, 0.15) is 11.4 Å². The maximum absolute atomic E-state index is 5.10. The van der Waals surface area contributed by atoms with Gasteiger partial charge in [0, 0.05) is 38.0 Å². The van der Waals surface area contributed by atoms with Crippen LogP contribution in [0.4, 0.5) is 5.69 Å². The van der Waals surface area contributed by atoms with Crippen molar-refractivity contribution >= 4 is 52.7 Å². The van der Waals surface area contributed by atoms with Crippen LogP contribution in [0.1, 0.15) is 11.1 Å². The Morgan fingerprint density at radius 1 is 0.655 bits per heavy atom. The summed E-state index contributed by atoms with van der Waals surface area (Å²) in [6.07, 6.45) is 0. The molecular weight excluding hydrogens is 454 g/mol. The van der Waals surface area contributed by atoms with E-state index in [1.165, 1.54) is 0 Å². The summed E-state index contributed by atoms with van der Waals surface area (Å²) in [4.78, 5) is 0. The van der Waals surface area contributed by atoms with Gasteiger partial charge in [-0.15, -0.1) is 10.2 Å². The second-order valence-corrected chi connectivity index (χ2v) is 6.17. The van der Waals surface area contributed by atoms with Crippen molar-refractivity contribution in [3.8, 4) is 0 Å². The van der Waals surface area contributed by atoms with E-state index in [0.717, 1.165) is 16.8 Å². The Hall–Kier alpha value is -2.52. The fourth-order valence-electron chi connectivity index (χ4n) is 2.17. The van der Waals surface area contributed by atoms with E-state index in [9.17, 15) is 0 Å². The smallest absolute Gasteiger partial charge is 0.741 e. The molecule has 0 atom stereocenters. The van der Waals surface area contributed by atoms with E-state index in [1.54, 1.807) is 14.1 Å². The minimum atomic E-state index is 0. The van der Waals surface area contributed by atoms with Crippen LogP contribution in [0.25, 0.3) is 0 Å². The first kappa shape index (κ1) is 24.5. The van der Waals surface area contributed by atoms with E-state index in [2.05, 4.69) is 36.4 Å². The van der Waals surface area contributed by atoms with Crippen LogP contribution >= 0.6 is 0 Å². The number of nitrogens with zero attached hydrogens (tertiary/aromatic N) is 4. The van der Waals surface area contributed by atoms with Gasteiger partial charge in [-0.1, -0.05) is 42.5 Å². The monoisotopic (exact) mass is 474 g/mol. The molecule has 7 nitrogen and oxygen atoms in total. The predicted octanol–water partition coefficient (Wildman–Crippen LogP) is 2.08. The first-order chi connectivity index (χ1) is 13.6. The number of hydrogen-bond donors (Lipinski definition) is 3. The van der Waals surface area contributed by atoms with Crippen molar-refractivity contribution < 1.29 is 17.1 Å². The van der Waals surface area contributed by atoms with Gasteiger partial charge in [-0.3, -0.25) is 0 Å². The molecule has 0 aromatic heterocycles. The Kier molecular flexibility index (Phi) is 10.9. The zero-order valence-electron chi connectivity index (χ0n) is 16.1. The minimum absolute atomic E-state index is 0. The van der Waals surface area contributed by atoms with Crippen molar-refractivity contribution in [2.24, 2.45) is 20.4 Å². The van der Waals surface area contributed by atoms with E-state index >= 15 is 0 Å². The average molecular weight is 475 g/mol. The first-order valence-electron chi connectivity index (χ1n) is 8.43. The number of benzene rings is 2. The average Bonchev–Trinajstić information content (AvgIpc) is 2.76. The van der Waals surface area contributed by atoms with Gasteiger partial charge in [0.15, 0.2) is 0 Å². The molecule has 0 unspecified atom stereocenters.